The minimum absolute atomic E-state index is 0.129. The summed E-state index contributed by atoms with van der Waals surface area (Å²) in [6.45, 7) is 5.61. The van der Waals surface area contributed by atoms with E-state index in [1.807, 2.05) is 17.0 Å². The van der Waals surface area contributed by atoms with Gasteiger partial charge in [-0.05, 0) is 56.2 Å². The molecular weight excluding hydrogens is 364 g/mol. The van der Waals surface area contributed by atoms with Gasteiger partial charge < -0.3 is 15.0 Å². The fraction of sp³-hybridized carbons (Fsp3) is 0.565. The van der Waals surface area contributed by atoms with Gasteiger partial charge in [0.25, 0.3) is 5.91 Å². The Balaban J connectivity index is 1.48. The maximum atomic E-state index is 13.1. The second kappa shape index (κ2) is 8.99. The number of hydrogen-bond donors (Lipinski definition) is 1. The van der Waals surface area contributed by atoms with Crippen LogP contribution in [0.3, 0.4) is 0 Å². The van der Waals surface area contributed by atoms with Crippen molar-refractivity contribution in [2.24, 2.45) is 0 Å². The highest BCUT2D eigenvalue weighted by molar-refractivity contribution is 5.94. The van der Waals surface area contributed by atoms with Gasteiger partial charge in [-0.15, -0.1) is 0 Å². The van der Waals surface area contributed by atoms with Gasteiger partial charge in [-0.3, -0.25) is 9.48 Å². The fourth-order valence-electron chi connectivity index (χ4n) is 4.51. The monoisotopic (exact) mass is 396 g/mol. The Morgan fingerprint density at radius 1 is 1.24 bits per heavy atom. The van der Waals surface area contributed by atoms with E-state index >= 15 is 0 Å². The van der Waals surface area contributed by atoms with Crippen molar-refractivity contribution in [3.8, 4) is 5.75 Å². The zero-order valence-corrected chi connectivity index (χ0v) is 17.6. The number of nitrogens with zero attached hydrogens (tertiary/aromatic N) is 3. The molecule has 2 aliphatic rings. The van der Waals surface area contributed by atoms with Crippen molar-refractivity contribution in [2.75, 3.05) is 20.2 Å². The number of likely N-dealkylation sites (tertiary alicyclic amines) is 1. The third-order valence-corrected chi connectivity index (χ3v) is 6.13. The summed E-state index contributed by atoms with van der Waals surface area (Å²) < 4.78 is 7.33. The van der Waals surface area contributed by atoms with Gasteiger partial charge in [-0.25, -0.2) is 0 Å². The van der Waals surface area contributed by atoms with Crippen LogP contribution in [-0.4, -0.2) is 46.8 Å². The van der Waals surface area contributed by atoms with Gasteiger partial charge >= 0.3 is 0 Å². The number of methoxy groups -OCH3 is 1. The Labute approximate surface area is 173 Å². The lowest BCUT2D eigenvalue weighted by molar-refractivity contribution is 0.0784. The van der Waals surface area contributed by atoms with E-state index in [-0.39, 0.29) is 5.91 Å². The van der Waals surface area contributed by atoms with Crippen molar-refractivity contribution in [1.29, 1.82) is 0 Å². The number of benzene rings is 1. The third kappa shape index (κ3) is 4.32. The molecule has 0 bridgehead atoms. The van der Waals surface area contributed by atoms with Crippen LogP contribution in [0.2, 0.25) is 0 Å². The number of carbonyl (C=O) groups excluding carboxylic acids is 1. The first-order valence-corrected chi connectivity index (χ1v) is 10.9. The standard InChI is InChI=1S/C23H32N4O2/c1-3-12-27-21-11-8-18(24-16-17-6-9-19(29-2)10-7-17)15-20(21)22(25-27)23(28)26-13-4-5-14-26/h6-7,9-10,18,24H,3-5,8,11-16H2,1-2H3. The molecule has 4 rings (SSSR count). The first-order chi connectivity index (χ1) is 14.2. The van der Waals surface area contributed by atoms with Crippen LogP contribution >= 0.6 is 0 Å². The number of carbonyl (C=O) groups is 1. The topological polar surface area (TPSA) is 59.4 Å². The molecule has 1 saturated heterocycles. The van der Waals surface area contributed by atoms with Crippen LogP contribution in [-0.2, 0) is 25.9 Å². The first-order valence-electron chi connectivity index (χ1n) is 10.9. The van der Waals surface area contributed by atoms with Crippen LogP contribution in [0.15, 0.2) is 24.3 Å². The fourth-order valence-corrected chi connectivity index (χ4v) is 4.51. The zero-order chi connectivity index (χ0) is 20.2. The molecule has 0 spiro atoms. The average molecular weight is 397 g/mol. The molecule has 1 fully saturated rings. The van der Waals surface area contributed by atoms with Crippen molar-refractivity contribution in [1.82, 2.24) is 20.0 Å². The number of aromatic nitrogens is 2. The lowest BCUT2D eigenvalue weighted by Crippen LogP contribution is -2.35. The lowest BCUT2D eigenvalue weighted by atomic mass is 9.91. The van der Waals surface area contributed by atoms with E-state index in [2.05, 4.69) is 29.1 Å². The number of rotatable bonds is 7. The van der Waals surface area contributed by atoms with Crippen molar-refractivity contribution in [2.45, 2.75) is 64.6 Å². The van der Waals surface area contributed by atoms with Gasteiger partial charge in [0.1, 0.15) is 5.75 Å². The van der Waals surface area contributed by atoms with Crippen LogP contribution < -0.4 is 10.1 Å². The Bertz CT molecular complexity index is 837. The van der Waals surface area contributed by atoms with E-state index in [0.717, 1.165) is 70.5 Å². The van der Waals surface area contributed by atoms with Crippen LogP contribution in [0.5, 0.6) is 5.75 Å². The van der Waals surface area contributed by atoms with E-state index in [0.29, 0.717) is 11.7 Å². The summed E-state index contributed by atoms with van der Waals surface area (Å²) in [6, 6.07) is 8.56. The molecular formula is C23H32N4O2. The van der Waals surface area contributed by atoms with Gasteiger partial charge in [-0.2, -0.15) is 5.10 Å². The maximum absolute atomic E-state index is 13.1. The van der Waals surface area contributed by atoms with E-state index in [9.17, 15) is 4.79 Å². The quantitative estimate of drug-likeness (QED) is 0.781. The molecule has 0 radical (unpaired) electrons. The molecule has 1 aromatic heterocycles. The SMILES string of the molecule is CCCn1nc(C(=O)N2CCCC2)c2c1CCC(NCc1ccc(OC)cc1)C2. The van der Waals surface area contributed by atoms with Crippen molar-refractivity contribution < 1.29 is 9.53 Å². The van der Waals surface area contributed by atoms with Crippen LogP contribution in [0.1, 0.15) is 59.9 Å². The molecule has 6 heteroatoms. The molecule has 1 amide bonds. The summed E-state index contributed by atoms with van der Waals surface area (Å²) in [4.78, 5) is 15.1. The predicted octanol–water partition coefficient (Wildman–Crippen LogP) is 3.18. The molecule has 1 unspecified atom stereocenters. The maximum Gasteiger partial charge on any atom is 0.274 e. The van der Waals surface area contributed by atoms with Crippen molar-refractivity contribution >= 4 is 5.91 Å². The van der Waals surface area contributed by atoms with E-state index in [1.54, 1.807) is 7.11 Å². The van der Waals surface area contributed by atoms with Crippen LogP contribution in [0.25, 0.3) is 0 Å². The molecule has 0 saturated carbocycles. The lowest BCUT2D eigenvalue weighted by Gasteiger charge is -2.25. The smallest absolute Gasteiger partial charge is 0.274 e. The van der Waals surface area contributed by atoms with Crippen molar-refractivity contribution in [3.05, 3.63) is 46.8 Å². The molecule has 1 atom stereocenters. The Morgan fingerprint density at radius 2 is 2.00 bits per heavy atom. The second-order valence-corrected chi connectivity index (χ2v) is 8.17. The van der Waals surface area contributed by atoms with Gasteiger partial charge in [0.05, 0.1) is 7.11 Å². The number of aryl methyl sites for hydroxylation is 1. The van der Waals surface area contributed by atoms with Gasteiger partial charge in [-0.1, -0.05) is 19.1 Å². The molecule has 2 heterocycles. The first kappa shape index (κ1) is 20.0. The minimum Gasteiger partial charge on any atom is -0.497 e. The van der Waals surface area contributed by atoms with Crippen LogP contribution in [0.4, 0.5) is 0 Å². The summed E-state index contributed by atoms with van der Waals surface area (Å²) in [5.41, 5.74) is 4.39. The summed E-state index contributed by atoms with van der Waals surface area (Å²) in [7, 11) is 1.69. The van der Waals surface area contributed by atoms with E-state index < -0.39 is 0 Å². The summed E-state index contributed by atoms with van der Waals surface area (Å²) in [5.74, 6) is 1.01. The largest absolute Gasteiger partial charge is 0.497 e. The normalized spacial score (nSPS) is 18.7. The Morgan fingerprint density at radius 3 is 2.69 bits per heavy atom. The number of amides is 1. The summed E-state index contributed by atoms with van der Waals surface area (Å²) in [6.07, 6.45) is 6.19. The van der Waals surface area contributed by atoms with Gasteiger partial charge in [0, 0.05) is 43.5 Å². The molecule has 29 heavy (non-hydrogen) atoms. The van der Waals surface area contributed by atoms with Crippen molar-refractivity contribution in [3.63, 3.8) is 0 Å². The van der Waals surface area contributed by atoms with Crippen LogP contribution in [0, 0.1) is 0 Å². The molecule has 1 aliphatic carbocycles. The predicted molar refractivity (Wildman–Crippen MR) is 113 cm³/mol. The third-order valence-electron chi connectivity index (χ3n) is 6.13. The molecule has 6 nitrogen and oxygen atoms in total. The number of hydrogen-bond acceptors (Lipinski definition) is 4. The Kier molecular flexibility index (Phi) is 6.19. The van der Waals surface area contributed by atoms with Gasteiger partial charge in [0.15, 0.2) is 5.69 Å². The molecule has 1 aromatic carbocycles. The minimum atomic E-state index is 0.129. The molecule has 1 aliphatic heterocycles. The van der Waals surface area contributed by atoms with E-state index in [1.165, 1.54) is 16.8 Å². The number of fused-ring (bicyclic) bond motifs is 1. The molecule has 1 N–H and O–H groups in total. The highest BCUT2D eigenvalue weighted by atomic mass is 16.5. The van der Waals surface area contributed by atoms with Gasteiger partial charge in [0.2, 0.25) is 0 Å². The molecule has 2 aromatic rings. The number of ether oxygens (including phenoxy) is 1. The number of nitrogens with one attached hydrogen (secondary N) is 1. The average Bonchev–Trinajstić information content (AvgIpc) is 3.41. The summed E-state index contributed by atoms with van der Waals surface area (Å²) in [5, 5.41) is 8.47. The highest BCUT2D eigenvalue weighted by Gasteiger charge is 2.31. The van der Waals surface area contributed by atoms with E-state index in [4.69, 9.17) is 9.84 Å². The molecule has 156 valence electrons. The Hall–Kier alpha value is -2.34. The summed E-state index contributed by atoms with van der Waals surface area (Å²) >= 11 is 0. The zero-order valence-electron chi connectivity index (χ0n) is 17.6. The highest BCUT2D eigenvalue weighted by Crippen LogP contribution is 2.27. The second-order valence-electron chi connectivity index (χ2n) is 8.17.